The lowest BCUT2D eigenvalue weighted by Gasteiger charge is -2.55. The van der Waals surface area contributed by atoms with Crippen LogP contribution in [0.4, 0.5) is 0 Å². The summed E-state index contributed by atoms with van der Waals surface area (Å²) in [6, 6.07) is 0. The zero-order valence-electron chi connectivity index (χ0n) is 37.8. The Kier molecular flexibility index (Phi) is 13.3. The fourth-order valence-electron chi connectivity index (χ4n) is 12.5. The summed E-state index contributed by atoms with van der Waals surface area (Å²) in [5, 5.41) is 33.1. The maximum atomic E-state index is 12.2. The van der Waals surface area contributed by atoms with Crippen LogP contribution in [0, 0.1) is 47.3 Å². The van der Waals surface area contributed by atoms with Crippen LogP contribution in [-0.4, -0.2) is 139 Å². The van der Waals surface area contributed by atoms with Gasteiger partial charge in [0.2, 0.25) is 0 Å². The Labute approximate surface area is 346 Å². The van der Waals surface area contributed by atoms with Gasteiger partial charge in [-0.15, -0.1) is 0 Å². The van der Waals surface area contributed by atoms with Gasteiger partial charge in [-0.1, -0.05) is 48.5 Å². The molecular weight excluding hydrogens is 752 g/mol. The fraction of sp³-hybridized carbons (Fsp3) is 0.977. The summed E-state index contributed by atoms with van der Waals surface area (Å²) < 4.78 is 65.4. The van der Waals surface area contributed by atoms with Gasteiger partial charge in [0.15, 0.2) is 17.4 Å². The molecule has 14 heteroatoms. The lowest BCUT2D eigenvalue weighted by Crippen LogP contribution is -2.65. The molecule has 6 aliphatic rings. The second kappa shape index (κ2) is 16.6. The van der Waals surface area contributed by atoms with Crippen LogP contribution in [0.3, 0.4) is 0 Å². The second-order valence-electron chi connectivity index (χ2n) is 19.9. The van der Waals surface area contributed by atoms with Gasteiger partial charge in [0, 0.05) is 82.7 Å². The molecule has 6 fully saturated rings. The standard InChI is InChI=1S/C44H76O14/c1-21-29(49-12)20-43(56-31(21)22(2)32-23(3)34(51-14)27(7)44(48,57-32)28(8)39(45)46)19-18-40(9,58-43)30-16-17-41(10,54-30)38-25(5)35(52-15)37(53-38)36-24(4)33(50-13)26(6)42(11,47)55-36/h21-38,47-48H,16-20H2,1-15H3,(H,45,46)/t21-,22-,23+,24+,25+,26-,27-,28-,29+,30-,31+,32-,33+,34+,35-,36+,37-,38-,40+,41+,42+,43-,44-/m1/s1. The van der Waals surface area contributed by atoms with E-state index in [0.29, 0.717) is 19.3 Å². The molecule has 14 nitrogen and oxygen atoms in total. The summed E-state index contributed by atoms with van der Waals surface area (Å²) in [7, 11) is 6.70. The molecule has 0 aromatic heterocycles. The minimum atomic E-state index is -1.95. The molecule has 0 aromatic rings. The van der Waals surface area contributed by atoms with E-state index in [0.717, 1.165) is 12.8 Å². The number of hydrogen-bond donors (Lipinski definition) is 3. The van der Waals surface area contributed by atoms with Gasteiger partial charge in [-0.25, -0.2) is 0 Å². The zero-order chi connectivity index (χ0) is 43.1. The number of ether oxygens (including phenoxy) is 10. The van der Waals surface area contributed by atoms with E-state index in [9.17, 15) is 20.1 Å². The molecule has 6 aliphatic heterocycles. The average Bonchev–Trinajstić information content (AvgIpc) is 3.85. The molecule has 0 radical (unpaired) electrons. The van der Waals surface area contributed by atoms with Crippen molar-refractivity contribution in [3.05, 3.63) is 0 Å². The van der Waals surface area contributed by atoms with Gasteiger partial charge >= 0.3 is 5.97 Å². The first-order valence-corrected chi connectivity index (χ1v) is 21.8. The maximum absolute atomic E-state index is 12.2. The highest BCUT2D eigenvalue weighted by Gasteiger charge is 2.64. The summed E-state index contributed by atoms with van der Waals surface area (Å²) in [4.78, 5) is 12.2. The van der Waals surface area contributed by atoms with E-state index >= 15 is 0 Å². The van der Waals surface area contributed by atoms with Crippen molar-refractivity contribution in [3.8, 4) is 0 Å². The van der Waals surface area contributed by atoms with E-state index in [4.69, 9.17) is 47.4 Å². The van der Waals surface area contributed by atoms with Crippen molar-refractivity contribution < 1.29 is 67.5 Å². The third-order valence-corrected chi connectivity index (χ3v) is 16.3. The summed E-state index contributed by atoms with van der Waals surface area (Å²) in [5.74, 6) is -8.04. The van der Waals surface area contributed by atoms with Gasteiger partial charge in [-0.2, -0.15) is 0 Å². The minimum absolute atomic E-state index is 0.0300. The van der Waals surface area contributed by atoms with E-state index in [1.165, 1.54) is 6.92 Å². The first-order valence-electron chi connectivity index (χ1n) is 21.8. The normalized spacial score (nSPS) is 54.8. The number of aliphatic hydroxyl groups is 2. The summed E-state index contributed by atoms with van der Waals surface area (Å²) >= 11 is 0. The molecule has 0 aliphatic carbocycles. The minimum Gasteiger partial charge on any atom is -0.481 e. The molecule has 6 saturated heterocycles. The molecule has 0 bridgehead atoms. The molecule has 0 amide bonds. The lowest BCUT2D eigenvalue weighted by atomic mass is 9.71. The number of methoxy groups -OCH3 is 4. The van der Waals surface area contributed by atoms with Gasteiger partial charge in [0.25, 0.3) is 0 Å². The monoisotopic (exact) mass is 829 g/mol. The predicted molar refractivity (Wildman–Crippen MR) is 212 cm³/mol. The van der Waals surface area contributed by atoms with E-state index in [1.54, 1.807) is 42.3 Å². The SMILES string of the molecule is CO[C@@H]1[C@H](C)[C@H]([C@]2(C)CC[C@H]([C@]3(C)CC[C@]4(C[C@H](OC)[C@@H](C)[C@@H]([C@@H](C)[C@H]5O[C@@](O)([C@H](C)C(=O)O)[C@H](C)[C@@H](OC)[C@H]5C)O4)O3)O2)O[C@H]1[C@H]1O[C@](C)(O)[C@H](C)[C@@H](OC)[C@@H]1C. The van der Waals surface area contributed by atoms with Crippen LogP contribution in [-0.2, 0) is 52.2 Å². The van der Waals surface area contributed by atoms with Crippen LogP contribution in [0.1, 0.15) is 108 Å². The molecule has 58 heavy (non-hydrogen) atoms. The molecule has 3 N–H and O–H groups in total. The second-order valence-corrected chi connectivity index (χ2v) is 19.9. The highest BCUT2D eigenvalue weighted by Crippen LogP contribution is 2.55. The third-order valence-electron chi connectivity index (χ3n) is 16.3. The topological polar surface area (TPSA) is 170 Å². The Balaban J connectivity index is 1.19. The Morgan fingerprint density at radius 1 is 0.672 bits per heavy atom. The van der Waals surface area contributed by atoms with Crippen LogP contribution in [0.15, 0.2) is 0 Å². The van der Waals surface area contributed by atoms with E-state index in [-0.39, 0.29) is 66.0 Å². The van der Waals surface area contributed by atoms with Gasteiger partial charge < -0.3 is 62.7 Å². The van der Waals surface area contributed by atoms with E-state index in [1.807, 2.05) is 20.8 Å². The molecular formula is C44H76O14. The number of carbonyl (C=O) groups is 1. The van der Waals surface area contributed by atoms with E-state index < -0.39 is 76.9 Å². The number of rotatable bonds is 11. The third kappa shape index (κ3) is 7.62. The quantitative estimate of drug-likeness (QED) is 0.249. The zero-order valence-corrected chi connectivity index (χ0v) is 37.8. The van der Waals surface area contributed by atoms with Crippen LogP contribution in [0.25, 0.3) is 0 Å². The maximum Gasteiger partial charge on any atom is 0.311 e. The van der Waals surface area contributed by atoms with Crippen molar-refractivity contribution >= 4 is 5.97 Å². The molecule has 336 valence electrons. The van der Waals surface area contributed by atoms with Crippen LogP contribution >= 0.6 is 0 Å². The van der Waals surface area contributed by atoms with Gasteiger partial charge in [0.05, 0.1) is 66.1 Å². The Morgan fingerprint density at radius 2 is 1.28 bits per heavy atom. The molecule has 6 heterocycles. The van der Waals surface area contributed by atoms with Crippen LogP contribution in [0.2, 0.25) is 0 Å². The van der Waals surface area contributed by atoms with Gasteiger partial charge in [0.1, 0.15) is 12.0 Å². The van der Waals surface area contributed by atoms with Crippen molar-refractivity contribution in [2.45, 2.75) is 198 Å². The molecule has 0 unspecified atom stereocenters. The van der Waals surface area contributed by atoms with Crippen molar-refractivity contribution in [2.75, 3.05) is 28.4 Å². The van der Waals surface area contributed by atoms with Crippen molar-refractivity contribution in [3.63, 3.8) is 0 Å². The summed E-state index contributed by atoms with van der Waals surface area (Å²) in [6.07, 6.45) is -0.175. The average molecular weight is 829 g/mol. The molecule has 23 atom stereocenters. The van der Waals surface area contributed by atoms with Crippen molar-refractivity contribution in [2.24, 2.45) is 47.3 Å². The Bertz CT molecular complexity index is 1450. The first-order chi connectivity index (χ1) is 27.0. The highest BCUT2D eigenvalue weighted by atomic mass is 16.7. The largest absolute Gasteiger partial charge is 0.481 e. The van der Waals surface area contributed by atoms with Crippen LogP contribution in [0.5, 0.6) is 0 Å². The van der Waals surface area contributed by atoms with Gasteiger partial charge in [-0.3, -0.25) is 4.79 Å². The Morgan fingerprint density at radius 3 is 1.86 bits per heavy atom. The molecule has 6 rings (SSSR count). The van der Waals surface area contributed by atoms with Gasteiger partial charge in [-0.05, 0) is 47.0 Å². The number of aliphatic carboxylic acids is 1. The lowest BCUT2D eigenvalue weighted by molar-refractivity contribution is -0.366. The van der Waals surface area contributed by atoms with Crippen LogP contribution < -0.4 is 0 Å². The Hall–Kier alpha value is -1.01. The number of carboxylic acid groups (broad SMARTS) is 1. The number of hydrogen-bond acceptors (Lipinski definition) is 13. The molecule has 0 aromatic carbocycles. The van der Waals surface area contributed by atoms with Crippen molar-refractivity contribution in [1.82, 2.24) is 0 Å². The summed E-state index contributed by atoms with van der Waals surface area (Å²) in [5.41, 5.74) is -1.32. The van der Waals surface area contributed by atoms with Crippen molar-refractivity contribution in [1.29, 1.82) is 0 Å². The fourth-order valence-corrected chi connectivity index (χ4v) is 12.5. The summed E-state index contributed by atoms with van der Waals surface area (Å²) in [6.45, 7) is 21.6. The number of carboxylic acids is 1. The first kappa shape index (κ1) is 46.5. The van der Waals surface area contributed by atoms with E-state index in [2.05, 4.69) is 34.6 Å². The molecule has 1 spiro atoms. The highest BCUT2D eigenvalue weighted by molar-refractivity contribution is 5.70. The molecule has 0 saturated carbocycles. The predicted octanol–water partition coefficient (Wildman–Crippen LogP) is 5.17. The smallest absolute Gasteiger partial charge is 0.311 e.